The van der Waals surface area contributed by atoms with E-state index >= 15 is 0 Å². The van der Waals surface area contributed by atoms with E-state index in [-0.39, 0.29) is 0 Å². The standard InChI is InChI=1S/C20H18O5/c1-22-16-9-7-13(8-10-16)18-12-15(20(21)25-18)11-14-5-4-6-17(23-2)19(14)24-3/h4-12H,1-3H3/b15-11-. The highest BCUT2D eigenvalue weighted by Crippen LogP contribution is 2.34. The Kier molecular flexibility index (Phi) is 4.75. The summed E-state index contributed by atoms with van der Waals surface area (Å²) in [5, 5.41) is 0. The maximum atomic E-state index is 12.2. The highest BCUT2D eigenvalue weighted by atomic mass is 16.5. The van der Waals surface area contributed by atoms with E-state index in [0.717, 1.165) is 16.9 Å². The summed E-state index contributed by atoms with van der Waals surface area (Å²) in [4.78, 5) is 12.2. The van der Waals surface area contributed by atoms with E-state index in [1.807, 2.05) is 36.4 Å². The molecule has 1 aliphatic heterocycles. The molecular formula is C20H18O5. The minimum atomic E-state index is -0.407. The van der Waals surface area contributed by atoms with Crippen LogP contribution in [0.4, 0.5) is 0 Å². The first-order chi connectivity index (χ1) is 12.2. The van der Waals surface area contributed by atoms with E-state index in [9.17, 15) is 4.79 Å². The summed E-state index contributed by atoms with van der Waals surface area (Å²) < 4.78 is 21.2. The van der Waals surface area contributed by atoms with Crippen molar-refractivity contribution in [3.63, 3.8) is 0 Å². The first kappa shape index (κ1) is 16.6. The average molecular weight is 338 g/mol. The Bertz CT molecular complexity index is 847. The van der Waals surface area contributed by atoms with Gasteiger partial charge in [-0.15, -0.1) is 0 Å². The van der Waals surface area contributed by atoms with E-state index in [1.165, 1.54) is 0 Å². The molecule has 3 rings (SSSR count). The summed E-state index contributed by atoms with van der Waals surface area (Å²) in [5.74, 6) is 2.00. The smallest absolute Gasteiger partial charge is 0.343 e. The number of methoxy groups -OCH3 is 3. The Hall–Kier alpha value is -3.21. The summed E-state index contributed by atoms with van der Waals surface area (Å²) in [6.07, 6.45) is 3.43. The van der Waals surface area contributed by atoms with Crippen LogP contribution in [-0.2, 0) is 9.53 Å². The van der Waals surface area contributed by atoms with E-state index in [0.29, 0.717) is 22.8 Å². The third-order valence-electron chi connectivity index (χ3n) is 3.84. The zero-order valence-electron chi connectivity index (χ0n) is 14.2. The summed E-state index contributed by atoms with van der Waals surface area (Å²) in [7, 11) is 4.73. The van der Waals surface area contributed by atoms with Crippen LogP contribution in [0.1, 0.15) is 11.1 Å². The molecule has 0 aliphatic carbocycles. The Morgan fingerprint density at radius 1 is 0.920 bits per heavy atom. The number of benzene rings is 2. The summed E-state index contributed by atoms with van der Waals surface area (Å²) in [5.41, 5.74) is 1.98. The number of esters is 1. The number of hydrogen-bond acceptors (Lipinski definition) is 5. The van der Waals surface area contributed by atoms with Crippen molar-refractivity contribution in [3.05, 3.63) is 65.2 Å². The van der Waals surface area contributed by atoms with Gasteiger partial charge in [-0.3, -0.25) is 0 Å². The van der Waals surface area contributed by atoms with Crippen LogP contribution in [0.15, 0.2) is 54.1 Å². The van der Waals surface area contributed by atoms with Crippen molar-refractivity contribution in [3.8, 4) is 17.2 Å². The zero-order valence-corrected chi connectivity index (χ0v) is 14.2. The third-order valence-corrected chi connectivity index (χ3v) is 3.84. The van der Waals surface area contributed by atoms with Crippen LogP contribution in [0.5, 0.6) is 17.2 Å². The van der Waals surface area contributed by atoms with Gasteiger partial charge in [0.1, 0.15) is 11.5 Å². The average Bonchev–Trinajstić information content (AvgIpc) is 3.02. The second-order valence-corrected chi connectivity index (χ2v) is 5.31. The Morgan fingerprint density at radius 2 is 1.68 bits per heavy atom. The predicted molar refractivity (Wildman–Crippen MR) is 94.6 cm³/mol. The van der Waals surface area contributed by atoms with Crippen molar-refractivity contribution in [2.75, 3.05) is 21.3 Å². The molecule has 0 atom stereocenters. The molecule has 0 bridgehead atoms. The summed E-state index contributed by atoms with van der Waals surface area (Å²) in [6, 6.07) is 12.8. The molecule has 0 spiro atoms. The lowest BCUT2D eigenvalue weighted by atomic mass is 10.1. The minimum absolute atomic E-state index is 0.407. The molecule has 1 heterocycles. The molecule has 0 amide bonds. The molecule has 0 aromatic heterocycles. The molecule has 0 unspecified atom stereocenters. The van der Waals surface area contributed by atoms with Crippen LogP contribution in [0, 0.1) is 0 Å². The van der Waals surface area contributed by atoms with Crippen molar-refractivity contribution in [1.29, 1.82) is 0 Å². The number of para-hydroxylation sites is 1. The molecule has 2 aromatic carbocycles. The summed E-state index contributed by atoms with van der Waals surface area (Å²) >= 11 is 0. The molecule has 128 valence electrons. The fraction of sp³-hybridized carbons (Fsp3) is 0.150. The molecule has 5 heteroatoms. The van der Waals surface area contributed by atoms with Gasteiger partial charge in [0.15, 0.2) is 11.5 Å². The van der Waals surface area contributed by atoms with E-state index < -0.39 is 5.97 Å². The van der Waals surface area contributed by atoms with Crippen LogP contribution in [-0.4, -0.2) is 27.3 Å². The quantitative estimate of drug-likeness (QED) is 0.615. The number of ether oxygens (including phenoxy) is 4. The van der Waals surface area contributed by atoms with Crippen molar-refractivity contribution in [2.45, 2.75) is 0 Å². The normalized spacial score (nSPS) is 14.9. The SMILES string of the molecule is COc1ccc(C2=C/C(=C/c3cccc(OC)c3OC)C(=O)O2)cc1. The molecular weight excluding hydrogens is 320 g/mol. The van der Waals surface area contributed by atoms with Crippen molar-refractivity contribution in [1.82, 2.24) is 0 Å². The Morgan fingerprint density at radius 3 is 2.32 bits per heavy atom. The van der Waals surface area contributed by atoms with Gasteiger partial charge in [0, 0.05) is 11.1 Å². The van der Waals surface area contributed by atoms with Gasteiger partial charge >= 0.3 is 5.97 Å². The fourth-order valence-electron chi connectivity index (χ4n) is 2.58. The number of rotatable bonds is 5. The molecule has 0 saturated heterocycles. The third kappa shape index (κ3) is 3.35. The first-order valence-electron chi connectivity index (χ1n) is 7.67. The topological polar surface area (TPSA) is 54.0 Å². The lowest BCUT2D eigenvalue weighted by molar-refractivity contribution is -0.130. The van der Waals surface area contributed by atoms with Crippen LogP contribution in [0.3, 0.4) is 0 Å². The van der Waals surface area contributed by atoms with Crippen LogP contribution in [0.2, 0.25) is 0 Å². The molecule has 0 saturated carbocycles. The van der Waals surface area contributed by atoms with Gasteiger partial charge in [-0.05, 0) is 42.5 Å². The molecule has 0 radical (unpaired) electrons. The molecule has 2 aromatic rings. The molecule has 0 N–H and O–H groups in total. The highest BCUT2D eigenvalue weighted by Gasteiger charge is 2.22. The van der Waals surface area contributed by atoms with Crippen molar-refractivity contribution in [2.24, 2.45) is 0 Å². The maximum absolute atomic E-state index is 12.2. The molecule has 1 aliphatic rings. The van der Waals surface area contributed by atoms with Crippen LogP contribution < -0.4 is 14.2 Å². The Balaban J connectivity index is 1.96. The second kappa shape index (κ2) is 7.13. The lowest BCUT2D eigenvalue weighted by Gasteiger charge is -2.10. The number of carbonyl (C=O) groups is 1. The van der Waals surface area contributed by atoms with Crippen LogP contribution in [0.25, 0.3) is 11.8 Å². The van der Waals surface area contributed by atoms with Gasteiger partial charge < -0.3 is 18.9 Å². The van der Waals surface area contributed by atoms with Crippen molar-refractivity contribution >= 4 is 17.8 Å². The lowest BCUT2D eigenvalue weighted by Crippen LogP contribution is -1.98. The van der Waals surface area contributed by atoms with Gasteiger partial charge in [-0.1, -0.05) is 12.1 Å². The van der Waals surface area contributed by atoms with Crippen molar-refractivity contribution < 1.29 is 23.7 Å². The predicted octanol–water partition coefficient (Wildman–Crippen LogP) is 3.69. The van der Waals surface area contributed by atoms with Gasteiger partial charge in [0.05, 0.1) is 26.9 Å². The monoisotopic (exact) mass is 338 g/mol. The Labute approximate surface area is 146 Å². The number of cyclic esters (lactones) is 1. The number of hydrogen-bond donors (Lipinski definition) is 0. The molecule has 25 heavy (non-hydrogen) atoms. The summed E-state index contributed by atoms with van der Waals surface area (Å²) in [6.45, 7) is 0. The van der Waals surface area contributed by atoms with Gasteiger partial charge in [0.25, 0.3) is 0 Å². The molecule has 0 fully saturated rings. The molecule has 5 nitrogen and oxygen atoms in total. The van der Waals surface area contributed by atoms with E-state index in [1.54, 1.807) is 39.5 Å². The maximum Gasteiger partial charge on any atom is 0.343 e. The van der Waals surface area contributed by atoms with E-state index in [2.05, 4.69) is 0 Å². The van der Waals surface area contributed by atoms with Gasteiger partial charge in [-0.2, -0.15) is 0 Å². The van der Waals surface area contributed by atoms with Gasteiger partial charge in [0.2, 0.25) is 0 Å². The fourth-order valence-corrected chi connectivity index (χ4v) is 2.58. The van der Waals surface area contributed by atoms with Crippen LogP contribution >= 0.6 is 0 Å². The highest BCUT2D eigenvalue weighted by molar-refractivity contribution is 6.05. The number of carbonyl (C=O) groups excluding carboxylic acids is 1. The zero-order chi connectivity index (χ0) is 17.8. The van der Waals surface area contributed by atoms with Gasteiger partial charge in [-0.25, -0.2) is 4.79 Å². The second-order valence-electron chi connectivity index (χ2n) is 5.31. The largest absolute Gasteiger partial charge is 0.497 e. The van der Waals surface area contributed by atoms with E-state index in [4.69, 9.17) is 18.9 Å². The minimum Gasteiger partial charge on any atom is -0.497 e. The first-order valence-corrected chi connectivity index (χ1v) is 7.67.